The Hall–Kier alpha value is -2.44. The molecule has 1 atom stereocenters. The molecule has 0 aromatic carbocycles. The Kier molecular flexibility index (Phi) is 3.79. The molecule has 7 heteroatoms. The minimum Gasteiger partial charge on any atom is -0.493 e. The number of rotatable bonds is 1. The molecule has 0 amide bonds. The molecule has 23 heavy (non-hydrogen) atoms. The number of nitrogens with zero attached hydrogens (tertiary/aromatic N) is 1. The largest absolute Gasteiger partial charge is 0.493 e. The molecule has 0 saturated heterocycles. The Morgan fingerprint density at radius 2 is 1.91 bits per heavy atom. The van der Waals surface area contributed by atoms with E-state index in [1.807, 2.05) is 0 Å². The highest BCUT2D eigenvalue weighted by molar-refractivity contribution is 6.17. The number of allylic oxidation sites excluding steroid dienone is 1. The van der Waals surface area contributed by atoms with E-state index in [9.17, 15) is 19.5 Å². The van der Waals surface area contributed by atoms with Crippen LogP contribution >= 0.6 is 0 Å². The third-order valence-corrected chi connectivity index (χ3v) is 4.84. The summed E-state index contributed by atoms with van der Waals surface area (Å²) in [4.78, 5) is 43.0. The van der Waals surface area contributed by atoms with Gasteiger partial charge in [-0.1, -0.05) is 6.42 Å². The van der Waals surface area contributed by atoms with E-state index in [-0.39, 0.29) is 23.1 Å². The lowest BCUT2D eigenvalue weighted by molar-refractivity contribution is -0.143. The van der Waals surface area contributed by atoms with Crippen molar-refractivity contribution in [2.45, 2.75) is 44.9 Å². The van der Waals surface area contributed by atoms with E-state index in [4.69, 9.17) is 5.73 Å². The summed E-state index contributed by atoms with van der Waals surface area (Å²) in [5.74, 6) is -0.731. The SMILES string of the molecule is NC(=C1CCC[C@@]2(CCCCC2=O)C1=O)c1nc(O)cc(=O)[nH]1. The summed E-state index contributed by atoms with van der Waals surface area (Å²) >= 11 is 0. The molecule has 3 rings (SSSR count). The number of aromatic nitrogens is 2. The van der Waals surface area contributed by atoms with E-state index in [2.05, 4.69) is 9.97 Å². The van der Waals surface area contributed by atoms with E-state index in [0.717, 1.165) is 18.9 Å². The van der Waals surface area contributed by atoms with Crippen molar-refractivity contribution in [2.75, 3.05) is 0 Å². The van der Waals surface area contributed by atoms with Gasteiger partial charge in [0.15, 0.2) is 11.6 Å². The summed E-state index contributed by atoms with van der Waals surface area (Å²) in [6.07, 6.45) is 4.36. The predicted octanol–water partition coefficient (Wildman–Crippen LogP) is 1.03. The number of carbonyl (C=O) groups is 2. The van der Waals surface area contributed by atoms with Gasteiger partial charge in [-0.15, -0.1) is 0 Å². The third-order valence-electron chi connectivity index (χ3n) is 4.84. The Labute approximate surface area is 132 Å². The normalized spacial score (nSPS) is 27.3. The van der Waals surface area contributed by atoms with Crippen molar-refractivity contribution in [3.05, 3.63) is 27.8 Å². The van der Waals surface area contributed by atoms with Crippen LogP contribution in [0.2, 0.25) is 0 Å². The molecular weight excluding hydrogens is 298 g/mol. The van der Waals surface area contributed by atoms with Crippen LogP contribution < -0.4 is 11.3 Å². The van der Waals surface area contributed by atoms with Crippen LogP contribution in [0.15, 0.2) is 16.4 Å². The molecule has 1 heterocycles. The van der Waals surface area contributed by atoms with Gasteiger partial charge in [0.1, 0.15) is 5.78 Å². The minimum absolute atomic E-state index is 0.00360. The van der Waals surface area contributed by atoms with E-state index in [1.54, 1.807) is 0 Å². The number of carbonyl (C=O) groups excluding carboxylic acids is 2. The fraction of sp³-hybridized carbons (Fsp3) is 0.500. The molecule has 1 aromatic heterocycles. The van der Waals surface area contributed by atoms with E-state index in [1.165, 1.54) is 0 Å². The number of hydrogen-bond acceptors (Lipinski definition) is 6. The van der Waals surface area contributed by atoms with Gasteiger partial charge in [0.05, 0.1) is 17.2 Å². The number of hydrogen-bond donors (Lipinski definition) is 3. The molecule has 7 nitrogen and oxygen atoms in total. The fourth-order valence-corrected chi connectivity index (χ4v) is 3.65. The Bertz CT molecular complexity index is 761. The molecular formula is C16H19N3O4. The topological polar surface area (TPSA) is 126 Å². The van der Waals surface area contributed by atoms with Crippen molar-refractivity contribution in [1.82, 2.24) is 9.97 Å². The van der Waals surface area contributed by atoms with Gasteiger partial charge in [0, 0.05) is 12.0 Å². The van der Waals surface area contributed by atoms with Crippen molar-refractivity contribution in [2.24, 2.45) is 11.1 Å². The van der Waals surface area contributed by atoms with E-state index < -0.39 is 16.9 Å². The number of aromatic hydroxyl groups is 1. The van der Waals surface area contributed by atoms with Crippen LogP contribution in [0.4, 0.5) is 0 Å². The van der Waals surface area contributed by atoms with Gasteiger partial charge in [0.2, 0.25) is 5.88 Å². The van der Waals surface area contributed by atoms with Gasteiger partial charge in [0.25, 0.3) is 5.56 Å². The molecule has 1 aromatic rings. The van der Waals surface area contributed by atoms with Crippen LogP contribution in [-0.2, 0) is 9.59 Å². The summed E-state index contributed by atoms with van der Waals surface area (Å²) < 4.78 is 0. The lowest BCUT2D eigenvalue weighted by atomic mass is 9.62. The van der Waals surface area contributed by atoms with Gasteiger partial charge >= 0.3 is 0 Å². The molecule has 2 aliphatic carbocycles. The predicted molar refractivity (Wildman–Crippen MR) is 82.4 cm³/mol. The molecule has 0 bridgehead atoms. The first-order valence-electron chi connectivity index (χ1n) is 7.81. The standard InChI is InChI=1S/C16H19N3O4/c17-13(15-18-11(21)8-12(22)19-15)9-4-3-7-16(14(9)23)6-2-1-5-10(16)20/h8H,1-7,17H2,(H2,18,19,21,22)/t16-/m1/s1. The Morgan fingerprint density at radius 3 is 2.61 bits per heavy atom. The van der Waals surface area contributed by atoms with E-state index >= 15 is 0 Å². The van der Waals surface area contributed by atoms with Crippen molar-refractivity contribution in [1.29, 1.82) is 0 Å². The number of nitrogens with one attached hydrogen (secondary N) is 1. The average Bonchev–Trinajstić information content (AvgIpc) is 2.51. The number of nitrogens with two attached hydrogens (primary N) is 1. The third kappa shape index (κ3) is 2.56. The minimum atomic E-state index is -0.951. The maximum atomic E-state index is 13.0. The molecule has 4 N–H and O–H groups in total. The Balaban J connectivity index is 2.06. The first-order chi connectivity index (χ1) is 10.9. The van der Waals surface area contributed by atoms with Gasteiger partial charge in [-0.2, -0.15) is 4.98 Å². The summed E-state index contributed by atoms with van der Waals surface area (Å²) in [5, 5.41) is 9.44. The molecule has 122 valence electrons. The average molecular weight is 317 g/mol. The van der Waals surface area contributed by atoms with E-state index in [0.29, 0.717) is 37.7 Å². The summed E-state index contributed by atoms with van der Waals surface area (Å²) in [6, 6.07) is 0.927. The molecule has 2 saturated carbocycles. The summed E-state index contributed by atoms with van der Waals surface area (Å²) in [5.41, 5.74) is 4.91. The highest BCUT2D eigenvalue weighted by Gasteiger charge is 2.49. The monoisotopic (exact) mass is 317 g/mol. The zero-order chi connectivity index (χ0) is 16.6. The maximum Gasteiger partial charge on any atom is 0.255 e. The molecule has 2 aliphatic rings. The second-order valence-electron chi connectivity index (χ2n) is 6.24. The van der Waals surface area contributed by atoms with Crippen LogP contribution in [-0.4, -0.2) is 26.6 Å². The van der Waals surface area contributed by atoms with Gasteiger partial charge in [-0.25, -0.2) is 0 Å². The zero-order valence-corrected chi connectivity index (χ0v) is 12.7. The van der Waals surface area contributed by atoms with Crippen LogP contribution in [0, 0.1) is 5.41 Å². The first-order valence-corrected chi connectivity index (χ1v) is 7.81. The summed E-state index contributed by atoms with van der Waals surface area (Å²) in [6.45, 7) is 0. The smallest absolute Gasteiger partial charge is 0.255 e. The zero-order valence-electron chi connectivity index (χ0n) is 12.7. The van der Waals surface area contributed by atoms with Crippen LogP contribution in [0.1, 0.15) is 50.8 Å². The van der Waals surface area contributed by atoms with Crippen LogP contribution in [0.25, 0.3) is 5.70 Å². The van der Waals surface area contributed by atoms with Crippen LogP contribution in [0.5, 0.6) is 5.88 Å². The van der Waals surface area contributed by atoms with Gasteiger partial charge < -0.3 is 15.8 Å². The molecule has 1 spiro atoms. The number of Topliss-reactive ketones (excluding diaryl/α,β-unsaturated/α-hetero) is 2. The summed E-state index contributed by atoms with van der Waals surface area (Å²) in [7, 11) is 0. The quantitative estimate of drug-likeness (QED) is 0.524. The van der Waals surface area contributed by atoms with Crippen molar-refractivity contribution in [3.8, 4) is 5.88 Å². The van der Waals surface area contributed by atoms with Crippen molar-refractivity contribution < 1.29 is 14.7 Å². The second-order valence-corrected chi connectivity index (χ2v) is 6.24. The lowest BCUT2D eigenvalue weighted by Gasteiger charge is -2.38. The van der Waals surface area contributed by atoms with Crippen LogP contribution in [0.3, 0.4) is 0 Å². The van der Waals surface area contributed by atoms with Crippen molar-refractivity contribution in [3.63, 3.8) is 0 Å². The number of H-pyrrole nitrogens is 1. The fourth-order valence-electron chi connectivity index (χ4n) is 3.65. The first kappa shape index (κ1) is 15.5. The number of aromatic amines is 1. The molecule has 0 aliphatic heterocycles. The second kappa shape index (κ2) is 5.64. The van der Waals surface area contributed by atoms with Crippen molar-refractivity contribution >= 4 is 17.3 Å². The molecule has 2 fully saturated rings. The highest BCUT2D eigenvalue weighted by Crippen LogP contribution is 2.45. The highest BCUT2D eigenvalue weighted by atomic mass is 16.3. The maximum absolute atomic E-state index is 13.0. The lowest BCUT2D eigenvalue weighted by Crippen LogP contribution is -2.45. The van der Waals surface area contributed by atoms with Gasteiger partial charge in [-0.3, -0.25) is 14.4 Å². The number of ketones is 2. The van der Waals surface area contributed by atoms with Gasteiger partial charge in [-0.05, 0) is 32.1 Å². The Morgan fingerprint density at radius 1 is 1.17 bits per heavy atom. The molecule has 0 unspecified atom stereocenters. The molecule has 0 radical (unpaired) electrons.